The van der Waals surface area contributed by atoms with Crippen molar-refractivity contribution in [2.75, 3.05) is 6.26 Å². The molecule has 0 amide bonds. The summed E-state index contributed by atoms with van der Waals surface area (Å²) in [5, 5.41) is 14.0. The third-order valence-corrected chi connectivity index (χ3v) is 4.12. The number of thioether (sulfide) groups is 1. The number of nitro benzene ring substituents is 1. The number of hydrogen-bond donors (Lipinski definition) is 1. The number of nitrogens with one attached hydrogen (secondary N) is 1. The van der Waals surface area contributed by atoms with Crippen LogP contribution >= 0.6 is 11.8 Å². The summed E-state index contributed by atoms with van der Waals surface area (Å²) in [5.41, 5.74) is 2.39. The van der Waals surface area contributed by atoms with Crippen LogP contribution in [0.5, 0.6) is 0 Å². The molecular weight excluding hydrogens is 284 g/mol. The molecule has 0 aliphatic heterocycles. The van der Waals surface area contributed by atoms with Crippen molar-refractivity contribution in [3.8, 4) is 0 Å². The maximum absolute atomic E-state index is 10.6. The lowest BCUT2D eigenvalue weighted by atomic mass is 10.1. The van der Waals surface area contributed by atoms with E-state index < -0.39 is 0 Å². The first kappa shape index (κ1) is 15.5. The fourth-order valence-electron chi connectivity index (χ4n) is 2.02. The van der Waals surface area contributed by atoms with Gasteiger partial charge in [0.2, 0.25) is 0 Å². The van der Waals surface area contributed by atoms with Gasteiger partial charge in [0.05, 0.1) is 4.92 Å². The molecule has 0 radical (unpaired) electrons. The van der Waals surface area contributed by atoms with Crippen molar-refractivity contribution in [2.45, 2.75) is 24.4 Å². The van der Waals surface area contributed by atoms with Crippen molar-refractivity contribution in [1.82, 2.24) is 5.32 Å². The second-order valence-electron chi connectivity index (χ2n) is 4.80. The molecule has 4 nitrogen and oxygen atoms in total. The number of nitro groups is 1. The van der Waals surface area contributed by atoms with Gasteiger partial charge in [-0.15, -0.1) is 11.8 Å². The van der Waals surface area contributed by atoms with Crippen molar-refractivity contribution >= 4 is 17.4 Å². The van der Waals surface area contributed by atoms with Crippen molar-refractivity contribution < 1.29 is 4.92 Å². The van der Waals surface area contributed by atoms with Crippen LogP contribution in [-0.2, 0) is 6.54 Å². The van der Waals surface area contributed by atoms with Crippen molar-refractivity contribution in [1.29, 1.82) is 0 Å². The Morgan fingerprint density at radius 1 is 1.14 bits per heavy atom. The van der Waals surface area contributed by atoms with Gasteiger partial charge in [-0.2, -0.15) is 0 Å². The van der Waals surface area contributed by atoms with Gasteiger partial charge < -0.3 is 5.32 Å². The summed E-state index contributed by atoms with van der Waals surface area (Å²) in [5.74, 6) is 0. The zero-order valence-corrected chi connectivity index (χ0v) is 12.9. The minimum atomic E-state index is -0.382. The molecule has 0 heterocycles. The molecule has 0 saturated carbocycles. The van der Waals surface area contributed by atoms with Gasteiger partial charge in [0, 0.05) is 29.6 Å². The first-order valence-electron chi connectivity index (χ1n) is 6.71. The van der Waals surface area contributed by atoms with Crippen molar-refractivity contribution in [2.24, 2.45) is 0 Å². The first-order chi connectivity index (χ1) is 10.1. The molecular formula is C16H18N2O2S. The third-order valence-electron chi connectivity index (χ3n) is 3.38. The summed E-state index contributed by atoms with van der Waals surface area (Å²) in [6.45, 7) is 2.79. The highest BCUT2D eigenvalue weighted by Gasteiger charge is 2.07. The first-order valence-corrected chi connectivity index (χ1v) is 7.93. The molecule has 2 aromatic rings. The average molecular weight is 302 g/mol. The van der Waals surface area contributed by atoms with Crippen LogP contribution in [0.3, 0.4) is 0 Å². The Labute approximate surface area is 128 Å². The number of rotatable bonds is 6. The quantitative estimate of drug-likeness (QED) is 0.494. The van der Waals surface area contributed by atoms with Gasteiger partial charge in [0.15, 0.2) is 0 Å². The monoisotopic (exact) mass is 302 g/mol. The lowest BCUT2D eigenvalue weighted by Gasteiger charge is -2.14. The molecule has 0 saturated heterocycles. The highest BCUT2D eigenvalue weighted by atomic mass is 32.2. The smallest absolute Gasteiger partial charge is 0.269 e. The second kappa shape index (κ2) is 7.24. The fraction of sp³-hybridized carbons (Fsp3) is 0.250. The van der Waals surface area contributed by atoms with E-state index in [4.69, 9.17) is 0 Å². The number of hydrogen-bond acceptors (Lipinski definition) is 4. The van der Waals surface area contributed by atoms with Crippen LogP contribution in [0.1, 0.15) is 24.1 Å². The highest BCUT2D eigenvalue weighted by Crippen LogP contribution is 2.19. The molecule has 0 aromatic heterocycles. The Morgan fingerprint density at radius 3 is 2.29 bits per heavy atom. The minimum absolute atomic E-state index is 0.124. The van der Waals surface area contributed by atoms with E-state index in [0.29, 0.717) is 6.54 Å². The maximum atomic E-state index is 10.6. The largest absolute Gasteiger partial charge is 0.306 e. The summed E-state index contributed by atoms with van der Waals surface area (Å²) in [6, 6.07) is 15.4. The van der Waals surface area contributed by atoms with Gasteiger partial charge in [-0.25, -0.2) is 0 Å². The van der Waals surface area contributed by atoms with Crippen molar-refractivity contribution in [3.05, 3.63) is 69.8 Å². The molecule has 2 rings (SSSR count). The maximum Gasteiger partial charge on any atom is 0.269 e. The molecule has 110 valence electrons. The van der Waals surface area contributed by atoms with E-state index in [2.05, 4.69) is 42.8 Å². The molecule has 1 unspecified atom stereocenters. The zero-order chi connectivity index (χ0) is 15.2. The van der Waals surface area contributed by atoms with Gasteiger partial charge in [-0.05, 0) is 36.4 Å². The number of non-ortho nitro benzene ring substituents is 1. The molecule has 0 aliphatic carbocycles. The zero-order valence-electron chi connectivity index (χ0n) is 12.1. The van der Waals surface area contributed by atoms with E-state index in [1.54, 1.807) is 23.9 Å². The van der Waals surface area contributed by atoms with Gasteiger partial charge in [-0.3, -0.25) is 10.1 Å². The van der Waals surface area contributed by atoms with Crippen LogP contribution < -0.4 is 5.32 Å². The van der Waals surface area contributed by atoms with E-state index in [1.807, 2.05) is 0 Å². The summed E-state index contributed by atoms with van der Waals surface area (Å²) < 4.78 is 0. The molecule has 0 bridgehead atoms. The van der Waals surface area contributed by atoms with Crippen LogP contribution in [0, 0.1) is 10.1 Å². The highest BCUT2D eigenvalue weighted by molar-refractivity contribution is 7.98. The SMILES string of the molecule is CSc1ccc(C(C)NCc2ccc([N+](=O)[O-])cc2)cc1. The van der Waals surface area contributed by atoms with Crippen LogP contribution in [0.25, 0.3) is 0 Å². The Hall–Kier alpha value is -1.85. The van der Waals surface area contributed by atoms with E-state index in [0.717, 1.165) is 5.56 Å². The van der Waals surface area contributed by atoms with Crippen molar-refractivity contribution in [3.63, 3.8) is 0 Å². The third kappa shape index (κ3) is 4.31. The van der Waals surface area contributed by atoms with Crippen LogP contribution in [-0.4, -0.2) is 11.2 Å². The van der Waals surface area contributed by atoms with Crippen LogP contribution in [0.2, 0.25) is 0 Å². The fourth-order valence-corrected chi connectivity index (χ4v) is 2.43. The number of benzene rings is 2. The standard InChI is InChI=1S/C16H18N2O2S/c1-12(14-5-9-16(21-2)10-6-14)17-11-13-3-7-15(8-4-13)18(19)20/h3-10,12,17H,11H2,1-2H3. The Kier molecular flexibility index (Phi) is 5.36. The Bertz CT molecular complexity index is 597. The predicted octanol–water partition coefficient (Wildman–Crippen LogP) is 4.17. The molecule has 1 atom stereocenters. The van der Waals surface area contributed by atoms with Crippen LogP contribution in [0.15, 0.2) is 53.4 Å². The Morgan fingerprint density at radius 2 is 1.76 bits per heavy atom. The van der Waals surface area contributed by atoms with E-state index >= 15 is 0 Å². The van der Waals surface area contributed by atoms with E-state index in [9.17, 15) is 10.1 Å². The van der Waals surface area contributed by atoms with E-state index in [1.165, 1.54) is 22.6 Å². The molecule has 5 heteroatoms. The summed E-state index contributed by atoms with van der Waals surface area (Å²) in [6.07, 6.45) is 2.06. The molecule has 21 heavy (non-hydrogen) atoms. The lowest BCUT2D eigenvalue weighted by Crippen LogP contribution is -2.17. The Balaban J connectivity index is 1.93. The summed E-state index contributed by atoms with van der Waals surface area (Å²) in [4.78, 5) is 11.5. The average Bonchev–Trinajstić information content (AvgIpc) is 2.53. The van der Waals surface area contributed by atoms with Gasteiger partial charge in [-0.1, -0.05) is 24.3 Å². The van der Waals surface area contributed by atoms with Crippen LogP contribution in [0.4, 0.5) is 5.69 Å². The summed E-state index contributed by atoms with van der Waals surface area (Å²) >= 11 is 1.73. The molecule has 0 spiro atoms. The topological polar surface area (TPSA) is 55.2 Å². The number of nitrogens with zero attached hydrogens (tertiary/aromatic N) is 1. The lowest BCUT2D eigenvalue weighted by molar-refractivity contribution is -0.384. The molecule has 0 aliphatic rings. The van der Waals surface area contributed by atoms with E-state index in [-0.39, 0.29) is 16.7 Å². The minimum Gasteiger partial charge on any atom is -0.306 e. The normalized spacial score (nSPS) is 12.1. The van der Waals surface area contributed by atoms with Gasteiger partial charge in [0.25, 0.3) is 5.69 Å². The second-order valence-corrected chi connectivity index (χ2v) is 5.68. The van der Waals surface area contributed by atoms with Gasteiger partial charge >= 0.3 is 0 Å². The molecule has 1 N–H and O–H groups in total. The summed E-state index contributed by atoms with van der Waals surface area (Å²) in [7, 11) is 0. The van der Waals surface area contributed by atoms with Gasteiger partial charge in [0.1, 0.15) is 0 Å². The predicted molar refractivity (Wildman–Crippen MR) is 86.6 cm³/mol. The molecule has 0 fully saturated rings. The molecule has 2 aromatic carbocycles.